The van der Waals surface area contributed by atoms with E-state index in [2.05, 4.69) is 18.4 Å². The van der Waals surface area contributed by atoms with Gasteiger partial charge in [-0.25, -0.2) is 0 Å². The van der Waals surface area contributed by atoms with Crippen LogP contribution in [0.25, 0.3) is 0 Å². The fourth-order valence-corrected chi connectivity index (χ4v) is 0.389. The number of hydrogen-bond donors (Lipinski definition) is 0. The molecule has 0 aromatic carbocycles. The zero-order valence-electron chi connectivity index (χ0n) is 5.85. The van der Waals surface area contributed by atoms with Gasteiger partial charge in [-0.3, -0.25) is 0 Å². The largest absolute Gasteiger partial charge is 0.103 e. The number of rotatable bonds is 2. The minimum absolute atomic E-state index is 0.924. The molecule has 0 nitrogen and oxygen atoms in total. The molecule has 0 unspecified atom stereocenters. The van der Waals surface area contributed by atoms with Gasteiger partial charge in [0, 0.05) is 6.42 Å². The number of hydrogen-bond acceptors (Lipinski definition) is 0. The van der Waals surface area contributed by atoms with Crippen LogP contribution in [0.2, 0.25) is 0 Å². The van der Waals surface area contributed by atoms with Gasteiger partial charge >= 0.3 is 0 Å². The summed E-state index contributed by atoms with van der Waals surface area (Å²) in [5.41, 5.74) is 0. The van der Waals surface area contributed by atoms with Gasteiger partial charge in [-0.2, -0.15) is 0 Å². The highest BCUT2D eigenvalue weighted by Gasteiger charge is 1.68. The second kappa shape index (κ2) is 7.04. The molecule has 0 radical (unpaired) electrons. The molecule has 0 saturated heterocycles. The van der Waals surface area contributed by atoms with Crippen LogP contribution in [0, 0.1) is 11.8 Å². The van der Waals surface area contributed by atoms with Gasteiger partial charge in [0.25, 0.3) is 0 Å². The molecule has 0 heterocycles. The van der Waals surface area contributed by atoms with Gasteiger partial charge in [0.2, 0.25) is 0 Å². The number of allylic oxidation sites excluding steroid dienone is 3. The van der Waals surface area contributed by atoms with E-state index < -0.39 is 0 Å². The Bertz CT molecular complexity index is 141. The van der Waals surface area contributed by atoms with Crippen molar-refractivity contribution in [3.05, 3.63) is 24.8 Å². The molecular weight excluding hydrogens is 108 g/mol. The van der Waals surface area contributed by atoms with Crippen molar-refractivity contribution in [2.24, 2.45) is 0 Å². The third-order valence-electron chi connectivity index (χ3n) is 0.826. The Kier molecular flexibility index (Phi) is 6.29. The highest BCUT2D eigenvalue weighted by atomic mass is 13.7. The van der Waals surface area contributed by atoms with E-state index in [1.54, 1.807) is 0 Å². The minimum atomic E-state index is 0.924. The molecule has 0 bridgehead atoms. The Morgan fingerprint density at radius 2 is 2.33 bits per heavy atom. The van der Waals surface area contributed by atoms with Crippen LogP contribution in [-0.4, -0.2) is 0 Å². The molecule has 0 saturated carbocycles. The average Bonchev–Trinajstić information content (AvgIpc) is 1.89. The Labute approximate surface area is 57.3 Å². The molecule has 0 aromatic rings. The molecule has 0 spiro atoms. The van der Waals surface area contributed by atoms with Crippen molar-refractivity contribution < 1.29 is 0 Å². The quantitative estimate of drug-likeness (QED) is 0.298. The molecule has 0 fully saturated rings. The molecule has 48 valence electrons. The fourth-order valence-electron chi connectivity index (χ4n) is 0.389. The second-order valence-corrected chi connectivity index (χ2v) is 1.65. The summed E-state index contributed by atoms with van der Waals surface area (Å²) in [6.45, 7) is 5.55. The lowest BCUT2D eigenvalue weighted by molar-refractivity contribution is 1.09. The summed E-state index contributed by atoms with van der Waals surface area (Å²) in [6.07, 6.45) is 7.58. The van der Waals surface area contributed by atoms with Gasteiger partial charge in [0.1, 0.15) is 0 Å². The van der Waals surface area contributed by atoms with Crippen LogP contribution in [-0.2, 0) is 0 Å². The van der Waals surface area contributed by atoms with E-state index in [0.29, 0.717) is 0 Å². The first-order chi connectivity index (χ1) is 4.41. The molecule has 0 aliphatic heterocycles. The highest BCUT2D eigenvalue weighted by Crippen LogP contribution is 1.84. The van der Waals surface area contributed by atoms with Gasteiger partial charge < -0.3 is 0 Å². The van der Waals surface area contributed by atoms with E-state index in [1.807, 2.05) is 25.2 Å². The van der Waals surface area contributed by atoms with Gasteiger partial charge in [0.05, 0.1) is 0 Å². The molecule has 0 N–H and O–H groups in total. The Hall–Kier alpha value is -0.960. The average molecular weight is 120 g/mol. The summed E-state index contributed by atoms with van der Waals surface area (Å²) in [5, 5.41) is 0. The molecule has 0 aliphatic rings. The maximum Gasteiger partial charge on any atom is 0.0127 e. The van der Waals surface area contributed by atoms with Crippen molar-refractivity contribution in [1.29, 1.82) is 0 Å². The zero-order chi connectivity index (χ0) is 6.95. The van der Waals surface area contributed by atoms with Crippen LogP contribution in [0.5, 0.6) is 0 Å². The van der Waals surface area contributed by atoms with Crippen molar-refractivity contribution in [2.45, 2.75) is 19.8 Å². The van der Waals surface area contributed by atoms with Crippen LogP contribution in [0.4, 0.5) is 0 Å². The van der Waals surface area contributed by atoms with Crippen LogP contribution in [0.1, 0.15) is 19.8 Å². The van der Waals surface area contributed by atoms with Crippen molar-refractivity contribution in [3.63, 3.8) is 0 Å². The van der Waals surface area contributed by atoms with E-state index in [4.69, 9.17) is 0 Å². The Balaban J connectivity index is 3.26. The van der Waals surface area contributed by atoms with Gasteiger partial charge in [-0.05, 0) is 19.4 Å². The smallest absolute Gasteiger partial charge is 0.0127 e. The summed E-state index contributed by atoms with van der Waals surface area (Å²) >= 11 is 0. The van der Waals surface area contributed by atoms with E-state index in [-0.39, 0.29) is 0 Å². The van der Waals surface area contributed by atoms with Crippen LogP contribution < -0.4 is 0 Å². The maximum absolute atomic E-state index is 3.59. The van der Waals surface area contributed by atoms with E-state index in [0.717, 1.165) is 12.8 Å². The molecule has 0 aromatic heterocycles. The standard InChI is InChI=1S/C9H12/c1-3-5-7-9-8-6-4-2/h3-4,6H,1,5,7H2,2H3/b6-4+. The van der Waals surface area contributed by atoms with Crippen LogP contribution in [0.15, 0.2) is 24.8 Å². The zero-order valence-corrected chi connectivity index (χ0v) is 5.85. The van der Waals surface area contributed by atoms with Crippen LogP contribution >= 0.6 is 0 Å². The topological polar surface area (TPSA) is 0 Å². The Morgan fingerprint density at radius 1 is 1.56 bits per heavy atom. The maximum atomic E-state index is 3.59. The van der Waals surface area contributed by atoms with E-state index >= 15 is 0 Å². The normalized spacial score (nSPS) is 8.56. The lowest BCUT2D eigenvalue weighted by atomic mass is 10.3. The van der Waals surface area contributed by atoms with Gasteiger partial charge in [-0.1, -0.05) is 24.0 Å². The molecule has 0 heteroatoms. The van der Waals surface area contributed by atoms with Crippen molar-refractivity contribution in [1.82, 2.24) is 0 Å². The summed E-state index contributed by atoms with van der Waals surface area (Å²) in [7, 11) is 0. The highest BCUT2D eigenvalue weighted by molar-refractivity contribution is 5.14. The first-order valence-electron chi connectivity index (χ1n) is 3.12. The summed E-state index contributed by atoms with van der Waals surface area (Å²) in [5.74, 6) is 5.87. The summed E-state index contributed by atoms with van der Waals surface area (Å²) in [4.78, 5) is 0. The summed E-state index contributed by atoms with van der Waals surface area (Å²) in [6, 6.07) is 0. The lowest BCUT2D eigenvalue weighted by Crippen LogP contribution is -1.61. The van der Waals surface area contributed by atoms with Crippen LogP contribution in [0.3, 0.4) is 0 Å². The molecule has 0 aliphatic carbocycles. The van der Waals surface area contributed by atoms with E-state index in [1.165, 1.54) is 0 Å². The van der Waals surface area contributed by atoms with Gasteiger partial charge in [-0.15, -0.1) is 6.58 Å². The SMILES string of the molecule is C=CCCC#C/C=C/C. The molecular formula is C9H12. The van der Waals surface area contributed by atoms with Crippen molar-refractivity contribution in [2.75, 3.05) is 0 Å². The third kappa shape index (κ3) is 7.04. The molecule has 0 atom stereocenters. The predicted octanol–water partition coefficient (Wildman–Crippen LogP) is 2.53. The fraction of sp³-hybridized carbons (Fsp3) is 0.333. The third-order valence-corrected chi connectivity index (χ3v) is 0.826. The van der Waals surface area contributed by atoms with Crippen molar-refractivity contribution >= 4 is 0 Å². The molecule has 0 amide bonds. The second-order valence-electron chi connectivity index (χ2n) is 1.65. The Morgan fingerprint density at radius 3 is 2.89 bits per heavy atom. The number of unbranched alkanes of at least 4 members (excludes halogenated alkanes) is 1. The first kappa shape index (κ1) is 8.04. The monoisotopic (exact) mass is 120 g/mol. The summed E-state index contributed by atoms with van der Waals surface area (Å²) < 4.78 is 0. The first-order valence-corrected chi connectivity index (χ1v) is 3.12. The molecule has 0 rings (SSSR count). The van der Waals surface area contributed by atoms with E-state index in [9.17, 15) is 0 Å². The molecule has 9 heavy (non-hydrogen) atoms. The predicted molar refractivity (Wildman–Crippen MR) is 42.0 cm³/mol. The lowest BCUT2D eigenvalue weighted by Gasteiger charge is -1.76. The minimum Gasteiger partial charge on any atom is -0.103 e. The van der Waals surface area contributed by atoms with Crippen molar-refractivity contribution in [3.8, 4) is 11.8 Å². The van der Waals surface area contributed by atoms with Gasteiger partial charge in [0.15, 0.2) is 0 Å².